The molecule has 4 nitrogen and oxygen atoms in total. The standard InChI is InChI=1S/C17H16ClNO3/c1-12(20)13-6-8-15(9-7-13)22-11-17(21)19-10-14-4-2-3-5-16(14)18/h2-9H,10-11H2,1H3,(H,19,21). The Morgan fingerprint density at radius 3 is 2.41 bits per heavy atom. The maximum atomic E-state index is 11.7. The summed E-state index contributed by atoms with van der Waals surface area (Å²) in [4.78, 5) is 22.9. The van der Waals surface area contributed by atoms with Gasteiger partial charge in [-0.2, -0.15) is 0 Å². The number of Topliss-reactive ketones (excluding diaryl/α,β-unsaturated/α-hetero) is 1. The average Bonchev–Trinajstić information content (AvgIpc) is 2.52. The minimum atomic E-state index is -0.240. The summed E-state index contributed by atoms with van der Waals surface area (Å²) in [5.74, 6) is 0.289. The number of ketones is 1. The molecule has 0 spiro atoms. The molecule has 114 valence electrons. The van der Waals surface area contributed by atoms with Gasteiger partial charge in [0.1, 0.15) is 5.75 Å². The lowest BCUT2D eigenvalue weighted by molar-refractivity contribution is -0.123. The normalized spacial score (nSPS) is 10.1. The van der Waals surface area contributed by atoms with Crippen LogP contribution in [0.25, 0.3) is 0 Å². The van der Waals surface area contributed by atoms with Gasteiger partial charge in [-0.1, -0.05) is 29.8 Å². The quantitative estimate of drug-likeness (QED) is 0.832. The van der Waals surface area contributed by atoms with Gasteiger partial charge in [-0.15, -0.1) is 0 Å². The zero-order valence-electron chi connectivity index (χ0n) is 12.1. The second-order valence-corrected chi connectivity index (χ2v) is 5.14. The summed E-state index contributed by atoms with van der Waals surface area (Å²) < 4.78 is 5.36. The predicted molar refractivity (Wildman–Crippen MR) is 85.2 cm³/mol. The number of carbonyl (C=O) groups is 2. The highest BCUT2D eigenvalue weighted by Gasteiger charge is 2.05. The zero-order chi connectivity index (χ0) is 15.9. The molecule has 22 heavy (non-hydrogen) atoms. The van der Waals surface area contributed by atoms with Gasteiger partial charge < -0.3 is 10.1 Å². The number of hydrogen-bond donors (Lipinski definition) is 1. The third-order valence-corrected chi connectivity index (χ3v) is 3.43. The van der Waals surface area contributed by atoms with E-state index in [0.717, 1.165) is 5.56 Å². The molecule has 0 saturated heterocycles. The lowest BCUT2D eigenvalue weighted by Crippen LogP contribution is -2.28. The van der Waals surface area contributed by atoms with E-state index in [2.05, 4.69) is 5.32 Å². The van der Waals surface area contributed by atoms with Crippen LogP contribution in [0.15, 0.2) is 48.5 Å². The fourth-order valence-corrected chi connectivity index (χ4v) is 2.02. The summed E-state index contributed by atoms with van der Waals surface area (Å²) in [5.41, 5.74) is 1.46. The van der Waals surface area contributed by atoms with E-state index >= 15 is 0 Å². The van der Waals surface area contributed by atoms with Crippen molar-refractivity contribution in [1.82, 2.24) is 5.32 Å². The molecule has 0 radical (unpaired) electrons. The van der Waals surface area contributed by atoms with Gasteiger partial charge in [0, 0.05) is 17.1 Å². The molecule has 1 N–H and O–H groups in total. The van der Waals surface area contributed by atoms with Crippen molar-refractivity contribution in [1.29, 1.82) is 0 Å². The highest BCUT2D eigenvalue weighted by Crippen LogP contribution is 2.14. The van der Waals surface area contributed by atoms with Crippen molar-refractivity contribution in [3.63, 3.8) is 0 Å². The lowest BCUT2D eigenvalue weighted by Gasteiger charge is -2.08. The molecule has 1 amide bonds. The SMILES string of the molecule is CC(=O)c1ccc(OCC(=O)NCc2ccccc2Cl)cc1. The second-order valence-electron chi connectivity index (χ2n) is 4.74. The average molecular weight is 318 g/mol. The van der Waals surface area contributed by atoms with Crippen LogP contribution in [0.5, 0.6) is 5.75 Å². The number of carbonyl (C=O) groups excluding carboxylic acids is 2. The minimum Gasteiger partial charge on any atom is -0.484 e. The van der Waals surface area contributed by atoms with E-state index in [1.807, 2.05) is 18.2 Å². The van der Waals surface area contributed by atoms with Gasteiger partial charge in [0.25, 0.3) is 5.91 Å². The topological polar surface area (TPSA) is 55.4 Å². The number of amides is 1. The Morgan fingerprint density at radius 2 is 1.77 bits per heavy atom. The number of rotatable bonds is 6. The van der Waals surface area contributed by atoms with Crippen molar-refractivity contribution in [2.45, 2.75) is 13.5 Å². The van der Waals surface area contributed by atoms with Gasteiger partial charge in [0.05, 0.1) is 0 Å². The van der Waals surface area contributed by atoms with Crippen molar-refractivity contribution < 1.29 is 14.3 Å². The van der Waals surface area contributed by atoms with E-state index in [1.165, 1.54) is 6.92 Å². The third kappa shape index (κ3) is 4.60. The predicted octanol–water partition coefficient (Wildman–Crippen LogP) is 3.24. The molecule has 0 unspecified atom stereocenters. The molecule has 2 aromatic rings. The van der Waals surface area contributed by atoms with Crippen LogP contribution in [0.1, 0.15) is 22.8 Å². The maximum absolute atomic E-state index is 11.7. The van der Waals surface area contributed by atoms with Crippen LogP contribution < -0.4 is 10.1 Å². The van der Waals surface area contributed by atoms with E-state index in [1.54, 1.807) is 30.3 Å². The summed E-state index contributed by atoms with van der Waals surface area (Å²) in [6, 6.07) is 14.0. The van der Waals surface area contributed by atoms with E-state index in [4.69, 9.17) is 16.3 Å². The van der Waals surface area contributed by atoms with Gasteiger partial charge in [-0.3, -0.25) is 9.59 Å². The number of hydrogen-bond acceptors (Lipinski definition) is 3. The highest BCUT2D eigenvalue weighted by atomic mass is 35.5. The first-order valence-corrected chi connectivity index (χ1v) is 7.18. The Bertz CT molecular complexity index is 668. The number of halogens is 1. The molecule has 0 aliphatic heterocycles. The Labute approximate surface area is 134 Å². The third-order valence-electron chi connectivity index (χ3n) is 3.06. The fraction of sp³-hybridized carbons (Fsp3) is 0.176. The van der Waals surface area contributed by atoms with Crippen LogP contribution in [0.4, 0.5) is 0 Å². The zero-order valence-corrected chi connectivity index (χ0v) is 12.9. The minimum absolute atomic E-state index is 0.0102. The van der Waals surface area contributed by atoms with Crippen molar-refractivity contribution in [3.05, 3.63) is 64.7 Å². The summed E-state index contributed by atoms with van der Waals surface area (Å²) in [6.07, 6.45) is 0. The number of nitrogens with one attached hydrogen (secondary N) is 1. The van der Waals surface area contributed by atoms with Crippen LogP contribution in [-0.2, 0) is 11.3 Å². The molecule has 5 heteroatoms. The Kier molecular flexibility index (Phi) is 5.55. The Balaban J connectivity index is 1.80. The Hall–Kier alpha value is -2.33. The lowest BCUT2D eigenvalue weighted by atomic mass is 10.1. The molecular weight excluding hydrogens is 302 g/mol. The smallest absolute Gasteiger partial charge is 0.258 e. The first kappa shape index (κ1) is 16.0. The van der Waals surface area contributed by atoms with Gasteiger partial charge in [-0.25, -0.2) is 0 Å². The van der Waals surface area contributed by atoms with Gasteiger partial charge >= 0.3 is 0 Å². The number of benzene rings is 2. The first-order valence-electron chi connectivity index (χ1n) is 6.80. The molecule has 2 rings (SSSR count). The summed E-state index contributed by atoms with van der Waals surface area (Å²) in [5, 5.41) is 3.35. The summed E-state index contributed by atoms with van der Waals surface area (Å²) in [7, 11) is 0. The first-order chi connectivity index (χ1) is 10.6. The molecule has 0 saturated carbocycles. The molecule has 0 bridgehead atoms. The van der Waals surface area contributed by atoms with Crippen molar-refractivity contribution in [3.8, 4) is 5.75 Å². The highest BCUT2D eigenvalue weighted by molar-refractivity contribution is 6.31. The second kappa shape index (κ2) is 7.61. The molecule has 0 aliphatic carbocycles. The molecular formula is C17H16ClNO3. The number of ether oxygens (including phenoxy) is 1. The summed E-state index contributed by atoms with van der Waals surface area (Å²) >= 11 is 6.01. The van der Waals surface area contributed by atoms with Crippen LogP contribution in [-0.4, -0.2) is 18.3 Å². The molecule has 2 aromatic carbocycles. The molecule has 0 aromatic heterocycles. The molecule has 0 heterocycles. The Morgan fingerprint density at radius 1 is 1.09 bits per heavy atom. The monoisotopic (exact) mass is 317 g/mol. The molecule has 0 fully saturated rings. The van der Waals surface area contributed by atoms with Gasteiger partial charge in [0.2, 0.25) is 0 Å². The van der Waals surface area contributed by atoms with Crippen LogP contribution in [0.3, 0.4) is 0 Å². The fourth-order valence-electron chi connectivity index (χ4n) is 1.82. The van der Waals surface area contributed by atoms with Crippen molar-refractivity contribution in [2.24, 2.45) is 0 Å². The van der Waals surface area contributed by atoms with Gasteiger partial charge in [0.15, 0.2) is 12.4 Å². The van der Waals surface area contributed by atoms with E-state index in [0.29, 0.717) is 22.9 Å². The van der Waals surface area contributed by atoms with Gasteiger partial charge in [-0.05, 0) is 42.8 Å². The van der Waals surface area contributed by atoms with Crippen molar-refractivity contribution in [2.75, 3.05) is 6.61 Å². The largest absolute Gasteiger partial charge is 0.484 e. The van der Waals surface area contributed by atoms with Crippen LogP contribution in [0, 0.1) is 0 Å². The van der Waals surface area contributed by atoms with Crippen LogP contribution >= 0.6 is 11.6 Å². The molecule has 0 aliphatic rings. The van der Waals surface area contributed by atoms with E-state index in [9.17, 15) is 9.59 Å². The van der Waals surface area contributed by atoms with E-state index in [-0.39, 0.29) is 18.3 Å². The van der Waals surface area contributed by atoms with Crippen LogP contribution in [0.2, 0.25) is 5.02 Å². The summed E-state index contributed by atoms with van der Waals surface area (Å²) in [6.45, 7) is 1.76. The molecule has 0 atom stereocenters. The van der Waals surface area contributed by atoms with E-state index < -0.39 is 0 Å². The van der Waals surface area contributed by atoms with Crippen molar-refractivity contribution >= 4 is 23.3 Å². The maximum Gasteiger partial charge on any atom is 0.258 e.